The molecule has 1 aliphatic rings. The maximum absolute atomic E-state index is 7.02. The number of pyridine rings is 1. The van der Waals surface area contributed by atoms with Crippen LogP contribution in [0.4, 0.5) is 22.7 Å². The molecule has 3 heterocycles. The van der Waals surface area contributed by atoms with Crippen molar-refractivity contribution in [1.29, 1.82) is 0 Å². The highest BCUT2D eigenvalue weighted by atomic mass is 16.5. The Morgan fingerprint density at radius 3 is 1.66 bits per heavy atom. The van der Waals surface area contributed by atoms with Crippen molar-refractivity contribution in [2.75, 3.05) is 16.5 Å². The van der Waals surface area contributed by atoms with E-state index in [4.69, 9.17) is 9.72 Å². The van der Waals surface area contributed by atoms with E-state index in [1.165, 1.54) is 55.8 Å². The van der Waals surface area contributed by atoms with Crippen LogP contribution in [0.2, 0.25) is 0 Å². The second-order valence-corrected chi connectivity index (χ2v) is 21.5. The zero-order chi connectivity index (χ0) is 46.9. The first-order chi connectivity index (χ1) is 32.0. The highest BCUT2D eigenvalue weighted by Crippen LogP contribution is 2.48. The van der Waals surface area contributed by atoms with Crippen LogP contribution in [0.1, 0.15) is 103 Å². The van der Waals surface area contributed by atoms with Crippen LogP contribution >= 0.6 is 0 Å². The number of hydrogen-bond acceptors (Lipinski definition) is 4. The average molecular weight is 879 g/mol. The Bertz CT molecular complexity index is 3260. The molecule has 0 aliphatic carbocycles. The summed E-state index contributed by atoms with van der Waals surface area (Å²) < 4.78 is 9.30. The summed E-state index contributed by atoms with van der Waals surface area (Å²) in [6, 6.07) is 64.0. The minimum Gasteiger partial charge on any atom is -0.457 e. The van der Waals surface area contributed by atoms with Gasteiger partial charge in [-0.2, -0.15) is 0 Å². The topological polar surface area (TPSA) is 33.5 Å². The predicted octanol–water partition coefficient (Wildman–Crippen LogP) is 16.5. The average Bonchev–Trinajstić information content (AvgIpc) is 3.87. The lowest BCUT2D eigenvalue weighted by Crippen LogP contribution is -2.25. The van der Waals surface area contributed by atoms with Gasteiger partial charge in [0.25, 0.3) is 0 Å². The molecule has 67 heavy (non-hydrogen) atoms. The van der Waals surface area contributed by atoms with Crippen LogP contribution in [-0.2, 0) is 21.7 Å². The highest BCUT2D eigenvalue weighted by Gasteiger charge is 2.32. The van der Waals surface area contributed by atoms with Gasteiger partial charge in [-0.3, -0.25) is 4.57 Å². The molecule has 336 valence electrons. The monoisotopic (exact) mass is 878 g/mol. The summed E-state index contributed by atoms with van der Waals surface area (Å²) in [6.07, 6.45) is 1.94. The second kappa shape index (κ2) is 16.3. The Labute approximate surface area is 397 Å². The molecule has 0 bridgehead atoms. The Morgan fingerprint density at radius 1 is 0.403 bits per heavy atom. The Balaban J connectivity index is 1.04. The van der Waals surface area contributed by atoms with Gasteiger partial charge in [0.1, 0.15) is 24.0 Å². The normalized spacial score (nSPS) is 13.4. The molecule has 0 amide bonds. The summed E-state index contributed by atoms with van der Waals surface area (Å²) in [5.74, 6) is 2.45. The molecule has 7 aromatic carbocycles. The van der Waals surface area contributed by atoms with E-state index < -0.39 is 0 Å². The van der Waals surface area contributed by atoms with Gasteiger partial charge in [0.05, 0.1) is 22.4 Å². The van der Waals surface area contributed by atoms with Crippen molar-refractivity contribution in [1.82, 2.24) is 9.55 Å². The summed E-state index contributed by atoms with van der Waals surface area (Å²) in [5, 5.41) is 2.33. The quantitative estimate of drug-likeness (QED) is 0.145. The van der Waals surface area contributed by atoms with Gasteiger partial charge in [-0.05, 0) is 111 Å². The molecule has 0 unspecified atom stereocenters. The van der Waals surface area contributed by atoms with E-state index in [0.29, 0.717) is 6.67 Å². The van der Waals surface area contributed by atoms with Crippen LogP contribution in [-0.4, -0.2) is 16.2 Å². The number of para-hydroxylation sites is 1. The fraction of sp³-hybridized carbons (Fsp3) is 0.242. The Kier molecular flexibility index (Phi) is 10.7. The molecule has 0 saturated carbocycles. The van der Waals surface area contributed by atoms with Gasteiger partial charge in [-0.25, -0.2) is 4.98 Å². The number of nitrogens with zero attached hydrogens (tertiary/aromatic N) is 4. The van der Waals surface area contributed by atoms with E-state index in [-0.39, 0.29) is 21.7 Å². The largest absolute Gasteiger partial charge is 0.457 e. The van der Waals surface area contributed by atoms with Crippen LogP contribution in [0, 0.1) is 0 Å². The Morgan fingerprint density at radius 2 is 0.985 bits per heavy atom. The maximum atomic E-state index is 7.02. The molecule has 0 atom stereocenters. The van der Waals surface area contributed by atoms with Crippen molar-refractivity contribution >= 4 is 44.6 Å². The molecule has 0 saturated heterocycles. The van der Waals surface area contributed by atoms with E-state index in [2.05, 4.69) is 260 Å². The number of anilines is 4. The molecule has 0 spiro atoms. The summed E-state index contributed by atoms with van der Waals surface area (Å²) in [4.78, 5) is 9.91. The van der Waals surface area contributed by atoms with Gasteiger partial charge in [0.2, 0.25) is 0 Å². The highest BCUT2D eigenvalue weighted by molar-refractivity contribution is 6.09. The Hall–Kier alpha value is -7.11. The van der Waals surface area contributed by atoms with E-state index in [1.54, 1.807) is 0 Å². The zero-order valence-corrected chi connectivity index (χ0v) is 40.7. The number of hydrogen-bond donors (Lipinski definition) is 0. The fourth-order valence-corrected chi connectivity index (χ4v) is 9.83. The van der Waals surface area contributed by atoms with Crippen molar-refractivity contribution in [2.45, 2.75) is 90.9 Å². The molecule has 5 heteroatoms. The van der Waals surface area contributed by atoms with Crippen molar-refractivity contribution in [2.24, 2.45) is 0 Å². The number of aromatic nitrogens is 2. The zero-order valence-electron chi connectivity index (χ0n) is 40.7. The standard InChI is InChI=1S/C62H62N4O/c1-59(2,3)45-27-32-55-57(37-45)64(48-28-25-44(26-29-48)61(7,8)42-19-13-11-14-20-42)41-65(55)49-35-47(60(4,5)6)36-51(39-49)67-50-30-31-53-52-23-17-18-24-54(52)66(56(53)40-50)58-38-46(33-34-63-58)62(9,10)43-21-15-12-16-22-43/h11-40H,41H2,1-10H3. The fourth-order valence-electron chi connectivity index (χ4n) is 9.83. The summed E-state index contributed by atoms with van der Waals surface area (Å²) in [5.41, 5.74) is 13.9. The lowest BCUT2D eigenvalue weighted by molar-refractivity contribution is 0.479. The summed E-state index contributed by atoms with van der Waals surface area (Å²) >= 11 is 0. The molecular weight excluding hydrogens is 817 g/mol. The molecule has 0 radical (unpaired) electrons. The molecular formula is C62H62N4O. The second-order valence-electron chi connectivity index (χ2n) is 21.5. The minimum absolute atomic E-state index is 0.00469. The predicted molar refractivity (Wildman–Crippen MR) is 282 cm³/mol. The molecule has 9 aromatic rings. The minimum atomic E-state index is -0.214. The van der Waals surface area contributed by atoms with Gasteiger partial charge in [0.15, 0.2) is 0 Å². The summed E-state index contributed by atoms with van der Waals surface area (Å²) in [6.45, 7) is 23.6. The first kappa shape index (κ1) is 43.8. The molecule has 0 fully saturated rings. The van der Waals surface area contributed by atoms with E-state index in [1.807, 2.05) is 6.20 Å². The third kappa shape index (κ3) is 8.05. The van der Waals surface area contributed by atoms with Crippen LogP contribution in [0.15, 0.2) is 182 Å². The van der Waals surface area contributed by atoms with E-state index in [0.717, 1.165) is 39.4 Å². The smallest absolute Gasteiger partial charge is 0.137 e. The van der Waals surface area contributed by atoms with Crippen LogP contribution < -0.4 is 14.5 Å². The first-order valence-corrected chi connectivity index (χ1v) is 23.7. The van der Waals surface area contributed by atoms with Gasteiger partial charge in [-0.1, -0.05) is 166 Å². The van der Waals surface area contributed by atoms with Crippen molar-refractivity contribution < 1.29 is 4.74 Å². The van der Waals surface area contributed by atoms with Crippen LogP contribution in [0.3, 0.4) is 0 Å². The molecule has 5 nitrogen and oxygen atoms in total. The third-order valence-electron chi connectivity index (χ3n) is 14.2. The number of ether oxygens (including phenoxy) is 1. The van der Waals surface area contributed by atoms with E-state index >= 15 is 0 Å². The van der Waals surface area contributed by atoms with Gasteiger partial charge >= 0.3 is 0 Å². The molecule has 1 aliphatic heterocycles. The molecule has 2 aromatic heterocycles. The van der Waals surface area contributed by atoms with Gasteiger partial charge in [0, 0.05) is 51.3 Å². The lowest BCUT2D eigenvalue weighted by atomic mass is 9.78. The number of benzene rings is 7. The maximum Gasteiger partial charge on any atom is 0.137 e. The molecule has 10 rings (SSSR count). The summed E-state index contributed by atoms with van der Waals surface area (Å²) in [7, 11) is 0. The number of rotatable bonds is 9. The SMILES string of the molecule is CC(C)(C)c1cc(Oc2ccc3c4ccccc4n(-c4cc(C(C)(C)c5ccccc5)ccn4)c3c2)cc(N2CN(c3ccc(C(C)(C)c4ccccc4)cc3)c3cc(C(C)(C)C)ccc32)c1. The van der Waals surface area contributed by atoms with Crippen LogP contribution in [0.25, 0.3) is 27.6 Å². The van der Waals surface area contributed by atoms with Crippen LogP contribution in [0.5, 0.6) is 11.5 Å². The lowest BCUT2D eigenvalue weighted by Gasteiger charge is -2.28. The van der Waals surface area contributed by atoms with Gasteiger partial charge in [-0.15, -0.1) is 0 Å². The first-order valence-electron chi connectivity index (χ1n) is 23.7. The third-order valence-corrected chi connectivity index (χ3v) is 14.2. The van der Waals surface area contributed by atoms with Gasteiger partial charge < -0.3 is 14.5 Å². The van der Waals surface area contributed by atoms with E-state index in [9.17, 15) is 0 Å². The van der Waals surface area contributed by atoms with Crippen molar-refractivity contribution in [3.05, 3.63) is 216 Å². The number of fused-ring (bicyclic) bond motifs is 4. The molecule has 0 N–H and O–H groups in total. The van der Waals surface area contributed by atoms with Crippen molar-refractivity contribution in [3.8, 4) is 17.3 Å². The van der Waals surface area contributed by atoms with Crippen molar-refractivity contribution in [3.63, 3.8) is 0 Å².